The van der Waals surface area contributed by atoms with E-state index in [-0.39, 0.29) is 12.5 Å². The van der Waals surface area contributed by atoms with Crippen molar-refractivity contribution in [2.75, 3.05) is 5.32 Å². The SMILES string of the molecule is O=C(Nc1cccc(OCc2nn[nH]n2)c1)c1ccc2cn[nH]c2c1. The number of ether oxygens (including phenoxy) is 1. The van der Waals surface area contributed by atoms with E-state index in [0.717, 1.165) is 10.9 Å². The van der Waals surface area contributed by atoms with E-state index < -0.39 is 0 Å². The van der Waals surface area contributed by atoms with Crippen LogP contribution in [-0.4, -0.2) is 36.7 Å². The van der Waals surface area contributed by atoms with Gasteiger partial charge in [-0.25, -0.2) is 0 Å². The van der Waals surface area contributed by atoms with Crippen LogP contribution < -0.4 is 10.1 Å². The van der Waals surface area contributed by atoms with Gasteiger partial charge in [-0.1, -0.05) is 17.3 Å². The van der Waals surface area contributed by atoms with Crippen LogP contribution in [0, 0.1) is 0 Å². The number of anilines is 1. The van der Waals surface area contributed by atoms with Gasteiger partial charge in [-0.05, 0) is 24.3 Å². The van der Waals surface area contributed by atoms with Crippen molar-refractivity contribution in [2.45, 2.75) is 6.61 Å². The molecule has 0 fully saturated rings. The molecule has 2 aromatic carbocycles. The average Bonchev–Trinajstić information content (AvgIpc) is 3.31. The number of fused-ring (bicyclic) bond motifs is 1. The summed E-state index contributed by atoms with van der Waals surface area (Å²) in [6.45, 7) is 0.185. The molecule has 2 aromatic heterocycles. The minimum atomic E-state index is -0.216. The Kier molecular flexibility index (Phi) is 3.79. The molecule has 124 valence electrons. The zero-order valence-corrected chi connectivity index (χ0v) is 12.9. The molecule has 0 aliphatic heterocycles. The topological polar surface area (TPSA) is 121 Å². The molecular formula is C16H13N7O2. The molecule has 3 N–H and O–H groups in total. The van der Waals surface area contributed by atoms with Crippen LogP contribution in [0.25, 0.3) is 10.9 Å². The lowest BCUT2D eigenvalue weighted by Crippen LogP contribution is -2.11. The number of amides is 1. The normalized spacial score (nSPS) is 10.7. The summed E-state index contributed by atoms with van der Waals surface area (Å²) in [6.07, 6.45) is 1.71. The van der Waals surface area contributed by atoms with Gasteiger partial charge in [0.25, 0.3) is 5.91 Å². The second kappa shape index (κ2) is 6.40. The number of aromatic amines is 2. The van der Waals surface area contributed by atoms with Crippen LogP contribution in [0.2, 0.25) is 0 Å². The lowest BCUT2D eigenvalue weighted by Gasteiger charge is -2.08. The largest absolute Gasteiger partial charge is 0.485 e. The summed E-state index contributed by atoms with van der Waals surface area (Å²) in [5, 5.41) is 24.0. The molecule has 0 radical (unpaired) electrons. The lowest BCUT2D eigenvalue weighted by atomic mass is 10.1. The van der Waals surface area contributed by atoms with Gasteiger partial charge in [-0.2, -0.15) is 10.3 Å². The number of nitrogens with one attached hydrogen (secondary N) is 3. The predicted molar refractivity (Wildman–Crippen MR) is 89.0 cm³/mol. The maximum atomic E-state index is 12.4. The Labute approximate surface area is 141 Å². The van der Waals surface area contributed by atoms with Crippen molar-refractivity contribution < 1.29 is 9.53 Å². The van der Waals surface area contributed by atoms with Crippen LogP contribution in [0.3, 0.4) is 0 Å². The third kappa shape index (κ3) is 3.29. The first-order chi connectivity index (χ1) is 12.3. The highest BCUT2D eigenvalue weighted by atomic mass is 16.5. The number of benzene rings is 2. The molecule has 0 aliphatic rings. The molecule has 4 rings (SSSR count). The Hall–Kier alpha value is -3.75. The molecule has 0 saturated heterocycles. The molecule has 4 aromatic rings. The van der Waals surface area contributed by atoms with Crippen molar-refractivity contribution >= 4 is 22.5 Å². The van der Waals surface area contributed by atoms with E-state index in [0.29, 0.717) is 22.8 Å². The van der Waals surface area contributed by atoms with Gasteiger partial charge in [0.2, 0.25) is 5.82 Å². The first-order valence-corrected chi connectivity index (χ1v) is 7.47. The van der Waals surface area contributed by atoms with Gasteiger partial charge in [0.15, 0.2) is 6.61 Å². The van der Waals surface area contributed by atoms with Crippen molar-refractivity contribution in [3.8, 4) is 5.75 Å². The van der Waals surface area contributed by atoms with E-state index in [1.165, 1.54) is 0 Å². The Morgan fingerprint density at radius 2 is 2.16 bits per heavy atom. The number of carbonyl (C=O) groups excluding carboxylic acids is 1. The summed E-state index contributed by atoms with van der Waals surface area (Å²) in [4.78, 5) is 12.4. The fourth-order valence-electron chi connectivity index (χ4n) is 2.34. The molecule has 2 heterocycles. The second-order valence-corrected chi connectivity index (χ2v) is 5.27. The molecule has 0 aliphatic carbocycles. The van der Waals surface area contributed by atoms with Crippen LogP contribution in [-0.2, 0) is 6.61 Å². The van der Waals surface area contributed by atoms with Gasteiger partial charge in [0, 0.05) is 22.7 Å². The highest BCUT2D eigenvalue weighted by molar-refractivity contribution is 6.06. The summed E-state index contributed by atoms with van der Waals surface area (Å²) < 4.78 is 5.58. The maximum absolute atomic E-state index is 12.4. The minimum Gasteiger partial charge on any atom is -0.485 e. The molecule has 0 spiro atoms. The molecular weight excluding hydrogens is 322 g/mol. The van der Waals surface area contributed by atoms with Crippen molar-refractivity contribution in [2.24, 2.45) is 0 Å². The fourth-order valence-corrected chi connectivity index (χ4v) is 2.34. The molecule has 0 saturated carbocycles. The number of nitrogens with zero attached hydrogens (tertiary/aromatic N) is 4. The maximum Gasteiger partial charge on any atom is 0.255 e. The summed E-state index contributed by atoms with van der Waals surface area (Å²) in [7, 11) is 0. The van der Waals surface area contributed by atoms with E-state index in [1.54, 1.807) is 42.6 Å². The smallest absolute Gasteiger partial charge is 0.255 e. The highest BCUT2D eigenvalue weighted by Gasteiger charge is 2.09. The molecule has 25 heavy (non-hydrogen) atoms. The van der Waals surface area contributed by atoms with E-state index in [1.807, 2.05) is 6.07 Å². The molecule has 9 heteroatoms. The van der Waals surface area contributed by atoms with Gasteiger partial charge in [0.05, 0.1) is 11.7 Å². The quantitative estimate of drug-likeness (QED) is 0.512. The average molecular weight is 335 g/mol. The summed E-state index contributed by atoms with van der Waals surface area (Å²) >= 11 is 0. The molecule has 9 nitrogen and oxygen atoms in total. The van der Waals surface area contributed by atoms with Gasteiger partial charge < -0.3 is 10.1 Å². The highest BCUT2D eigenvalue weighted by Crippen LogP contribution is 2.20. The Bertz CT molecular complexity index is 1010. The lowest BCUT2D eigenvalue weighted by molar-refractivity contribution is 0.102. The van der Waals surface area contributed by atoms with Crippen LogP contribution in [0.4, 0.5) is 5.69 Å². The van der Waals surface area contributed by atoms with Crippen molar-refractivity contribution in [3.63, 3.8) is 0 Å². The number of carbonyl (C=O) groups is 1. The van der Waals surface area contributed by atoms with E-state index in [9.17, 15) is 4.79 Å². The number of rotatable bonds is 5. The van der Waals surface area contributed by atoms with Crippen molar-refractivity contribution in [3.05, 3.63) is 60.0 Å². The Morgan fingerprint density at radius 3 is 3.04 bits per heavy atom. The number of H-pyrrole nitrogens is 2. The molecule has 0 bridgehead atoms. The van der Waals surface area contributed by atoms with Crippen LogP contribution in [0.15, 0.2) is 48.7 Å². The molecule has 0 unspecified atom stereocenters. The zero-order valence-electron chi connectivity index (χ0n) is 12.9. The number of hydrogen-bond acceptors (Lipinski definition) is 6. The minimum absolute atomic E-state index is 0.185. The van der Waals surface area contributed by atoms with Crippen molar-refractivity contribution in [1.82, 2.24) is 30.8 Å². The Morgan fingerprint density at radius 1 is 1.20 bits per heavy atom. The standard InChI is InChI=1S/C16H13N7O2/c24-16(10-4-5-11-8-17-19-14(11)6-10)18-12-2-1-3-13(7-12)25-9-15-20-22-23-21-15/h1-8H,9H2,(H,17,19)(H,18,24)(H,20,21,22,23). The van der Waals surface area contributed by atoms with Gasteiger partial charge in [-0.15, -0.1) is 10.2 Å². The van der Waals surface area contributed by atoms with Crippen LogP contribution in [0.1, 0.15) is 16.2 Å². The first kappa shape index (κ1) is 14.8. The monoisotopic (exact) mass is 335 g/mol. The number of tetrazole rings is 1. The third-order valence-electron chi connectivity index (χ3n) is 3.55. The van der Waals surface area contributed by atoms with E-state index in [4.69, 9.17) is 4.74 Å². The summed E-state index contributed by atoms with van der Waals surface area (Å²) in [6, 6.07) is 12.4. The number of hydrogen-bond donors (Lipinski definition) is 3. The van der Waals surface area contributed by atoms with Crippen LogP contribution >= 0.6 is 0 Å². The van der Waals surface area contributed by atoms with Crippen LogP contribution in [0.5, 0.6) is 5.75 Å². The third-order valence-corrected chi connectivity index (χ3v) is 3.55. The van der Waals surface area contributed by atoms with Gasteiger partial charge >= 0.3 is 0 Å². The molecule has 1 amide bonds. The van der Waals surface area contributed by atoms with Gasteiger partial charge in [-0.3, -0.25) is 9.89 Å². The first-order valence-electron chi connectivity index (χ1n) is 7.47. The predicted octanol–water partition coefficient (Wildman–Crippen LogP) is 1.91. The molecule has 0 atom stereocenters. The number of aromatic nitrogens is 6. The van der Waals surface area contributed by atoms with E-state index in [2.05, 4.69) is 36.1 Å². The van der Waals surface area contributed by atoms with Gasteiger partial charge in [0.1, 0.15) is 5.75 Å². The fraction of sp³-hybridized carbons (Fsp3) is 0.0625. The van der Waals surface area contributed by atoms with E-state index >= 15 is 0 Å². The Balaban J connectivity index is 1.46. The summed E-state index contributed by atoms with van der Waals surface area (Å²) in [5.74, 6) is 0.820. The summed E-state index contributed by atoms with van der Waals surface area (Å²) in [5.41, 5.74) is 1.97. The van der Waals surface area contributed by atoms with Crippen molar-refractivity contribution in [1.29, 1.82) is 0 Å². The zero-order chi connectivity index (χ0) is 17.1. The second-order valence-electron chi connectivity index (χ2n) is 5.27.